The highest BCUT2D eigenvalue weighted by Crippen LogP contribution is 2.21. The van der Waals surface area contributed by atoms with Gasteiger partial charge in [0.1, 0.15) is 12.2 Å². The lowest BCUT2D eigenvalue weighted by Gasteiger charge is -2.10. The summed E-state index contributed by atoms with van der Waals surface area (Å²) < 4.78 is 0. The molecule has 1 fully saturated rings. The van der Waals surface area contributed by atoms with Gasteiger partial charge in [-0.1, -0.05) is 31.7 Å². The van der Waals surface area contributed by atoms with E-state index >= 15 is 0 Å². The van der Waals surface area contributed by atoms with Crippen LogP contribution in [0.3, 0.4) is 0 Å². The minimum absolute atomic E-state index is 0.153. The maximum Gasteiger partial charge on any atom is 0.125 e. The van der Waals surface area contributed by atoms with Gasteiger partial charge in [-0.15, -0.1) is 0 Å². The molecule has 1 saturated heterocycles. The first-order chi connectivity index (χ1) is 5.38. The smallest absolute Gasteiger partial charge is 0.125 e. The molecule has 2 atom stereocenters. The van der Waals surface area contributed by atoms with Crippen LogP contribution in [0.1, 0.15) is 39.5 Å². The largest absolute Gasteiger partial charge is 0.200 e. The Kier molecular flexibility index (Phi) is 3.83. The van der Waals surface area contributed by atoms with Crippen LogP contribution in [0.2, 0.25) is 0 Å². The Bertz CT molecular complexity index is 93.5. The molecule has 1 aliphatic rings. The molecule has 3 heteroatoms. The summed E-state index contributed by atoms with van der Waals surface area (Å²) >= 11 is 0. The molecule has 0 unspecified atom stereocenters. The molecule has 1 rings (SSSR count). The highest BCUT2D eigenvalue weighted by molar-refractivity contribution is 4.69. The summed E-state index contributed by atoms with van der Waals surface area (Å²) in [7, 11) is 0. The first-order valence-electron chi connectivity index (χ1n) is 4.37. The summed E-state index contributed by atoms with van der Waals surface area (Å²) in [6, 6.07) is 0. The third-order valence-electron chi connectivity index (χ3n) is 1.89. The van der Waals surface area contributed by atoms with Crippen LogP contribution in [0.5, 0.6) is 0 Å². The van der Waals surface area contributed by atoms with Gasteiger partial charge in [-0.3, -0.25) is 0 Å². The van der Waals surface area contributed by atoms with Gasteiger partial charge in [0, 0.05) is 0 Å². The van der Waals surface area contributed by atoms with Crippen molar-refractivity contribution in [2.75, 3.05) is 0 Å². The predicted octanol–water partition coefficient (Wildman–Crippen LogP) is 2.22. The average Bonchev–Trinajstić information content (AvgIpc) is 2.39. The Morgan fingerprint density at radius 3 is 1.73 bits per heavy atom. The zero-order valence-electron chi connectivity index (χ0n) is 7.21. The molecule has 0 aromatic carbocycles. The van der Waals surface area contributed by atoms with Gasteiger partial charge in [0.05, 0.1) is 0 Å². The van der Waals surface area contributed by atoms with Crippen LogP contribution in [0.25, 0.3) is 0 Å². The Hall–Kier alpha value is -0.120. The molecule has 0 aromatic heterocycles. The first kappa shape index (κ1) is 8.97. The van der Waals surface area contributed by atoms with Crippen molar-refractivity contribution in [3.63, 3.8) is 0 Å². The number of hydrogen-bond donors (Lipinski definition) is 0. The normalized spacial score (nSPS) is 31.1. The van der Waals surface area contributed by atoms with Gasteiger partial charge < -0.3 is 0 Å². The van der Waals surface area contributed by atoms with E-state index in [1.807, 2.05) is 0 Å². The van der Waals surface area contributed by atoms with E-state index in [9.17, 15) is 0 Å². The van der Waals surface area contributed by atoms with Gasteiger partial charge in [0.25, 0.3) is 0 Å². The van der Waals surface area contributed by atoms with Crippen LogP contribution in [-0.4, -0.2) is 12.2 Å². The minimum atomic E-state index is 0.153. The molecule has 0 radical (unpaired) electrons. The molecular weight excluding hydrogens is 144 g/mol. The third-order valence-corrected chi connectivity index (χ3v) is 1.89. The van der Waals surface area contributed by atoms with Crippen molar-refractivity contribution < 1.29 is 14.8 Å². The molecule has 0 amide bonds. The monoisotopic (exact) mass is 160 g/mol. The van der Waals surface area contributed by atoms with Gasteiger partial charge in [0.2, 0.25) is 0 Å². The van der Waals surface area contributed by atoms with Gasteiger partial charge in [-0.2, -0.15) is 9.78 Å². The maximum absolute atomic E-state index is 4.94. The molecule has 11 heavy (non-hydrogen) atoms. The molecule has 0 spiro atoms. The maximum atomic E-state index is 4.94. The molecule has 1 heterocycles. The Balaban J connectivity index is 2.25. The molecular formula is C8H16O3. The summed E-state index contributed by atoms with van der Waals surface area (Å²) in [4.78, 5) is 9.87. The highest BCUT2D eigenvalue weighted by atomic mass is 17.5. The van der Waals surface area contributed by atoms with Gasteiger partial charge in [0.15, 0.2) is 0 Å². The lowest BCUT2D eigenvalue weighted by atomic mass is 10.1. The van der Waals surface area contributed by atoms with Crippen molar-refractivity contribution >= 4 is 0 Å². The Morgan fingerprint density at radius 1 is 0.909 bits per heavy atom. The second-order valence-corrected chi connectivity index (χ2v) is 2.91. The van der Waals surface area contributed by atoms with E-state index in [1.165, 1.54) is 0 Å². The van der Waals surface area contributed by atoms with Crippen molar-refractivity contribution in [2.45, 2.75) is 51.7 Å². The van der Waals surface area contributed by atoms with E-state index in [0.29, 0.717) is 0 Å². The Morgan fingerprint density at radius 2 is 1.36 bits per heavy atom. The fraction of sp³-hybridized carbons (Fsp3) is 1.00. The van der Waals surface area contributed by atoms with E-state index < -0.39 is 0 Å². The van der Waals surface area contributed by atoms with Crippen LogP contribution < -0.4 is 0 Å². The van der Waals surface area contributed by atoms with E-state index in [-0.39, 0.29) is 12.2 Å². The van der Waals surface area contributed by atoms with Crippen molar-refractivity contribution in [3.05, 3.63) is 0 Å². The summed E-state index contributed by atoms with van der Waals surface area (Å²) in [6.45, 7) is 4.26. The Labute approximate surface area is 67.5 Å². The molecule has 0 aliphatic carbocycles. The number of hydrogen-bond acceptors (Lipinski definition) is 3. The van der Waals surface area contributed by atoms with Crippen LogP contribution in [0.4, 0.5) is 0 Å². The summed E-state index contributed by atoms with van der Waals surface area (Å²) in [6.07, 6.45) is 4.56. The molecule has 0 aromatic rings. The fourth-order valence-corrected chi connectivity index (χ4v) is 1.28. The SMILES string of the molecule is CCC[C@@H]1OOO[C@H]1CCC. The minimum Gasteiger partial charge on any atom is -0.200 e. The van der Waals surface area contributed by atoms with Crippen molar-refractivity contribution in [1.29, 1.82) is 0 Å². The second-order valence-electron chi connectivity index (χ2n) is 2.91. The predicted molar refractivity (Wildman–Crippen MR) is 40.6 cm³/mol. The van der Waals surface area contributed by atoms with Crippen molar-refractivity contribution in [3.8, 4) is 0 Å². The summed E-state index contributed by atoms with van der Waals surface area (Å²) in [5.74, 6) is 0. The molecule has 1 aliphatic heterocycles. The number of rotatable bonds is 4. The topological polar surface area (TPSA) is 27.7 Å². The van der Waals surface area contributed by atoms with Crippen LogP contribution >= 0.6 is 0 Å². The quantitative estimate of drug-likeness (QED) is 0.590. The van der Waals surface area contributed by atoms with E-state index in [2.05, 4.69) is 18.9 Å². The second kappa shape index (κ2) is 4.70. The fourth-order valence-electron chi connectivity index (χ4n) is 1.28. The van der Waals surface area contributed by atoms with Crippen molar-refractivity contribution in [1.82, 2.24) is 0 Å². The lowest BCUT2D eigenvalue weighted by molar-refractivity contribution is -0.466. The molecule has 0 saturated carbocycles. The summed E-state index contributed by atoms with van der Waals surface area (Å²) in [5, 5.41) is 4.47. The van der Waals surface area contributed by atoms with E-state index in [0.717, 1.165) is 25.7 Å². The molecule has 0 N–H and O–H groups in total. The zero-order chi connectivity index (χ0) is 8.10. The van der Waals surface area contributed by atoms with E-state index in [1.54, 1.807) is 0 Å². The lowest BCUT2D eigenvalue weighted by Crippen LogP contribution is -2.21. The van der Waals surface area contributed by atoms with E-state index in [4.69, 9.17) is 9.78 Å². The average molecular weight is 160 g/mol. The standard InChI is InChI=1S/C8H16O3/c1-3-5-7-8(6-4-2)10-11-9-7/h7-8H,3-6H2,1-2H3/t7-,8-/m0/s1. The first-order valence-corrected chi connectivity index (χ1v) is 4.37. The molecule has 3 nitrogen and oxygen atoms in total. The summed E-state index contributed by atoms with van der Waals surface area (Å²) in [5.41, 5.74) is 0. The van der Waals surface area contributed by atoms with Crippen LogP contribution in [0, 0.1) is 0 Å². The van der Waals surface area contributed by atoms with Crippen LogP contribution in [-0.2, 0) is 14.8 Å². The molecule has 0 bridgehead atoms. The van der Waals surface area contributed by atoms with Gasteiger partial charge in [-0.25, -0.2) is 0 Å². The third kappa shape index (κ3) is 2.43. The van der Waals surface area contributed by atoms with Gasteiger partial charge >= 0.3 is 0 Å². The van der Waals surface area contributed by atoms with Crippen molar-refractivity contribution in [2.24, 2.45) is 0 Å². The zero-order valence-corrected chi connectivity index (χ0v) is 7.21. The molecule has 66 valence electrons. The van der Waals surface area contributed by atoms with Gasteiger partial charge in [-0.05, 0) is 12.8 Å². The highest BCUT2D eigenvalue weighted by Gasteiger charge is 2.30. The van der Waals surface area contributed by atoms with Crippen LogP contribution in [0.15, 0.2) is 0 Å².